The van der Waals surface area contributed by atoms with Gasteiger partial charge in [-0.25, -0.2) is 0 Å². The molecule has 2 aromatic carbocycles. The molecule has 0 atom stereocenters. The second-order valence-corrected chi connectivity index (χ2v) is 8.60. The SMILES string of the molecule is CCCCc1oc2ccccc2c1C(=O)c1cc(C(F)(F)F)c(OCCN(CC)CC)c(C(F)(F)F)c1. The molecule has 0 N–H and O–H groups in total. The van der Waals surface area contributed by atoms with Gasteiger partial charge in [-0.15, -0.1) is 0 Å². The number of likely N-dealkylation sites (N-methyl/N-ethyl adjacent to an activating group) is 1. The Morgan fingerprint density at radius 1 is 0.946 bits per heavy atom. The first-order chi connectivity index (χ1) is 17.4. The Labute approximate surface area is 211 Å². The van der Waals surface area contributed by atoms with Crippen molar-refractivity contribution in [2.75, 3.05) is 26.2 Å². The lowest BCUT2D eigenvalue weighted by Gasteiger charge is -2.23. The standard InChI is InChI=1S/C27H29F6NO3/c1-4-7-11-22-23(18-10-8-9-12-21(18)37-22)24(35)17-15-19(26(28,29)30)25(20(16-17)27(31,32)33)36-14-13-34(5-2)6-3/h8-10,12,15-16H,4-7,11,13-14H2,1-3H3. The van der Waals surface area contributed by atoms with Gasteiger partial charge in [-0.05, 0) is 37.7 Å². The maximum atomic E-state index is 14.0. The summed E-state index contributed by atoms with van der Waals surface area (Å²) in [5, 5.41) is 0.334. The molecular formula is C27H29F6NO3. The molecule has 0 fully saturated rings. The fourth-order valence-corrected chi connectivity index (χ4v) is 4.16. The van der Waals surface area contributed by atoms with Gasteiger partial charge in [0.25, 0.3) is 0 Å². The van der Waals surface area contributed by atoms with Crippen LogP contribution < -0.4 is 4.74 Å². The van der Waals surface area contributed by atoms with Crippen molar-refractivity contribution in [3.05, 3.63) is 64.4 Å². The summed E-state index contributed by atoms with van der Waals surface area (Å²) in [7, 11) is 0. The lowest BCUT2D eigenvalue weighted by Crippen LogP contribution is -2.28. The van der Waals surface area contributed by atoms with E-state index in [-0.39, 0.29) is 24.5 Å². The van der Waals surface area contributed by atoms with Gasteiger partial charge < -0.3 is 14.1 Å². The van der Waals surface area contributed by atoms with Gasteiger partial charge in [0.15, 0.2) is 5.78 Å². The second kappa shape index (κ2) is 11.6. The van der Waals surface area contributed by atoms with Crippen molar-refractivity contribution >= 4 is 16.8 Å². The number of carbonyl (C=O) groups excluding carboxylic acids is 1. The van der Waals surface area contributed by atoms with Gasteiger partial charge in [-0.2, -0.15) is 26.3 Å². The number of rotatable bonds is 11. The highest BCUT2D eigenvalue weighted by Gasteiger charge is 2.43. The summed E-state index contributed by atoms with van der Waals surface area (Å²) in [6.07, 6.45) is -8.69. The van der Waals surface area contributed by atoms with Gasteiger partial charge in [0.1, 0.15) is 23.7 Å². The van der Waals surface area contributed by atoms with Gasteiger partial charge in [0, 0.05) is 23.9 Å². The normalized spacial score (nSPS) is 12.5. The molecule has 1 aromatic heterocycles. The molecule has 0 aliphatic rings. The number of halogens is 6. The quantitative estimate of drug-likeness (QED) is 0.188. The highest BCUT2D eigenvalue weighted by atomic mass is 19.4. The highest BCUT2D eigenvalue weighted by molar-refractivity contribution is 6.17. The fourth-order valence-electron chi connectivity index (χ4n) is 4.16. The Morgan fingerprint density at radius 3 is 2.08 bits per heavy atom. The van der Waals surface area contributed by atoms with Crippen LogP contribution in [-0.2, 0) is 18.8 Å². The molecule has 0 spiro atoms. The second-order valence-electron chi connectivity index (χ2n) is 8.60. The summed E-state index contributed by atoms with van der Waals surface area (Å²) in [5.41, 5.74) is -3.72. The molecule has 3 aromatic rings. The van der Waals surface area contributed by atoms with Crippen molar-refractivity contribution in [3.8, 4) is 5.75 Å². The molecule has 0 radical (unpaired) electrons. The number of hydrogen-bond donors (Lipinski definition) is 0. The Morgan fingerprint density at radius 2 is 1.54 bits per heavy atom. The van der Waals surface area contributed by atoms with Gasteiger partial charge in [0.2, 0.25) is 0 Å². The predicted octanol–water partition coefficient (Wildman–Crippen LogP) is 7.76. The zero-order valence-electron chi connectivity index (χ0n) is 20.9. The zero-order valence-corrected chi connectivity index (χ0v) is 20.9. The molecule has 0 bridgehead atoms. The number of furan rings is 1. The topological polar surface area (TPSA) is 42.7 Å². The smallest absolute Gasteiger partial charge is 0.420 e. The zero-order chi connectivity index (χ0) is 27.4. The molecule has 37 heavy (non-hydrogen) atoms. The molecule has 0 amide bonds. The van der Waals surface area contributed by atoms with Gasteiger partial charge in [-0.3, -0.25) is 4.79 Å². The minimum absolute atomic E-state index is 0.0273. The number of unbranched alkanes of at least 4 members (excludes halogenated alkanes) is 1. The molecule has 10 heteroatoms. The molecular weight excluding hydrogens is 500 g/mol. The van der Waals surface area contributed by atoms with Crippen LogP contribution in [0.15, 0.2) is 40.8 Å². The van der Waals surface area contributed by atoms with Crippen molar-refractivity contribution < 1.29 is 40.3 Å². The minimum atomic E-state index is -5.19. The molecule has 0 aliphatic carbocycles. The number of nitrogens with zero attached hydrogens (tertiary/aromatic N) is 1. The first-order valence-electron chi connectivity index (χ1n) is 12.1. The van der Waals surface area contributed by atoms with Crippen LogP contribution in [0, 0.1) is 0 Å². The van der Waals surface area contributed by atoms with E-state index in [4.69, 9.17) is 9.15 Å². The Kier molecular flexibility index (Phi) is 8.94. The molecule has 1 heterocycles. The summed E-state index contributed by atoms with van der Waals surface area (Å²) >= 11 is 0. The molecule has 0 unspecified atom stereocenters. The number of ether oxygens (including phenoxy) is 1. The summed E-state index contributed by atoms with van der Waals surface area (Å²) in [6, 6.07) is 7.31. The van der Waals surface area contributed by atoms with Gasteiger partial charge in [-0.1, -0.05) is 45.4 Å². The largest absolute Gasteiger partial charge is 0.491 e. The van der Waals surface area contributed by atoms with Crippen LogP contribution in [0.5, 0.6) is 5.75 Å². The lowest BCUT2D eigenvalue weighted by molar-refractivity contribution is -0.145. The van der Waals surface area contributed by atoms with E-state index in [0.717, 1.165) is 6.42 Å². The van der Waals surface area contributed by atoms with E-state index >= 15 is 0 Å². The van der Waals surface area contributed by atoms with Crippen LogP contribution >= 0.6 is 0 Å². The van der Waals surface area contributed by atoms with Crippen molar-refractivity contribution in [1.82, 2.24) is 4.90 Å². The first-order valence-corrected chi connectivity index (χ1v) is 12.1. The van der Waals surface area contributed by atoms with Crippen molar-refractivity contribution in [3.63, 3.8) is 0 Å². The summed E-state index contributed by atoms with van der Waals surface area (Å²) in [6.45, 7) is 6.43. The minimum Gasteiger partial charge on any atom is -0.491 e. The van der Waals surface area contributed by atoms with Crippen LogP contribution in [0.2, 0.25) is 0 Å². The van der Waals surface area contributed by atoms with E-state index in [1.807, 2.05) is 20.8 Å². The highest BCUT2D eigenvalue weighted by Crippen LogP contribution is 2.45. The number of benzene rings is 2. The van der Waals surface area contributed by atoms with Crippen LogP contribution in [0.1, 0.15) is 66.4 Å². The molecule has 3 rings (SSSR count). The first kappa shape index (κ1) is 28.6. The maximum Gasteiger partial charge on any atom is 0.420 e. The third-order valence-electron chi connectivity index (χ3n) is 6.16. The number of hydrogen-bond acceptors (Lipinski definition) is 4. The molecule has 0 saturated carbocycles. The Balaban J connectivity index is 2.16. The number of para-hydroxylation sites is 1. The number of ketones is 1. The predicted molar refractivity (Wildman–Crippen MR) is 128 cm³/mol. The molecule has 202 valence electrons. The third-order valence-corrected chi connectivity index (χ3v) is 6.16. The van der Waals surface area contributed by atoms with E-state index in [1.165, 1.54) is 0 Å². The fraction of sp³-hybridized carbons (Fsp3) is 0.444. The van der Waals surface area contributed by atoms with Crippen molar-refractivity contribution in [2.45, 2.75) is 52.4 Å². The van der Waals surface area contributed by atoms with Crippen LogP contribution in [0.3, 0.4) is 0 Å². The van der Waals surface area contributed by atoms with E-state index in [1.54, 1.807) is 29.2 Å². The Bertz CT molecular complexity index is 1190. The monoisotopic (exact) mass is 529 g/mol. The van der Waals surface area contributed by atoms with Crippen molar-refractivity contribution in [1.29, 1.82) is 0 Å². The van der Waals surface area contributed by atoms with E-state index < -0.39 is 40.6 Å². The average molecular weight is 530 g/mol. The number of carbonyl (C=O) groups is 1. The average Bonchev–Trinajstić information content (AvgIpc) is 3.21. The molecule has 4 nitrogen and oxygen atoms in total. The van der Waals surface area contributed by atoms with E-state index in [2.05, 4.69) is 0 Å². The van der Waals surface area contributed by atoms with E-state index in [9.17, 15) is 31.1 Å². The number of aryl methyl sites for hydroxylation is 1. The van der Waals surface area contributed by atoms with Crippen LogP contribution in [0.25, 0.3) is 11.0 Å². The summed E-state index contributed by atoms with van der Waals surface area (Å²) < 4.78 is 95.1. The number of fused-ring (bicyclic) bond motifs is 1. The Hall–Kier alpha value is -3.01. The van der Waals surface area contributed by atoms with Crippen LogP contribution in [0.4, 0.5) is 26.3 Å². The summed E-state index contributed by atoms with van der Waals surface area (Å²) in [4.78, 5) is 15.3. The lowest BCUT2D eigenvalue weighted by atomic mass is 9.94. The van der Waals surface area contributed by atoms with Gasteiger partial charge >= 0.3 is 12.4 Å². The van der Waals surface area contributed by atoms with Gasteiger partial charge in [0.05, 0.1) is 16.7 Å². The van der Waals surface area contributed by atoms with Crippen LogP contribution in [-0.4, -0.2) is 36.9 Å². The maximum absolute atomic E-state index is 14.0. The third kappa shape index (κ3) is 6.47. The summed E-state index contributed by atoms with van der Waals surface area (Å²) in [5.74, 6) is -2.07. The molecule has 0 aliphatic heterocycles. The number of alkyl halides is 6. The molecule has 0 saturated heterocycles. The van der Waals surface area contributed by atoms with E-state index in [0.29, 0.717) is 49.0 Å². The van der Waals surface area contributed by atoms with Crippen molar-refractivity contribution in [2.24, 2.45) is 0 Å².